The first-order chi connectivity index (χ1) is 8.34. The van der Waals surface area contributed by atoms with Crippen LogP contribution in [0, 0.1) is 0 Å². The normalized spacial score (nSPS) is 11.1. The van der Waals surface area contributed by atoms with Gasteiger partial charge < -0.3 is 15.2 Å². The molecule has 1 aromatic carbocycles. The van der Waals surface area contributed by atoms with E-state index in [-0.39, 0.29) is 18.7 Å². The first kappa shape index (κ1) is 14.1. The number of phenolic OH excluding ortho intramolecular Hbond substituents is 1. The summed E-state index contributed by atoms with van der Waals surface area (Å²) < 4.78 is 40.7. The number of methoxy groups -OCH3 is 1. The van der Waals surface area contributed by atoms with Crippen molar-refractivity contribution in [2.45, 2.75) is 12.6 Å². The van der Waals surface area contributed by atoms with E-state index < -0.39 is 12.1 Å². The SMILES string of the molecule is COc1cc(O)ccc1CCNC(=O)C(F)(F)F. The highest BCUT2D eigenvalue weighted by Gasteiger charge is 2.38. The molecule has 1 aromatic rings. The fourth-order valence-electron chi connectivity index (χ4n) is 1.35. The van der Waals surface area contributed by atoms with Crippen molar-refractivity contribution in [1.29, 1.82) is 0 Å². The molecule has 0 fully saturated rings. The van der Waals surface area contributed by atoms with Crippen LogP contribution in [0.25, 0.3) is 0 Å². The largest absolute Gasteiger partial charge is 0.508 e. The topological polar surface area (TPSA) is 58.6 Å². The third-order valence-corrected chi connectivity index (χ3v) is 2.21. The lowest BCUT2D eigenvalue weighted by Gasteiger charge is -2.10. The van der Waals surface area contributed by atoms with Crippen LogP contribution in [0.1, 0.15) is 5.56 Å². The van der Waals surface area contributed by atoms with Gasteiger partial charge in [-0.05, 0) is 18.1 Å². The first-order valence-corrected chi connectivity index (χ1v) is 5.05. The van der Waals surface area contributed by atoms with Gasteiger partial charge in [-0.3, -0.25) is 4.79 Å². The smallest absolute Gasteiger partial charge is 0.471 e. The third kappa shape index (κ3) is 3.83. The number of halogens is 3. The summed E-state index contributed by atoms with van der Waals surface area (Å²) in [7, 11) is 1.38. The maximum atomic E-state index is 11.9. The fraction of sp³-hybridized carbons (Fsp3) is 0.364. The minimum atomic E-state index is -4.88. The predicted molar refractivity (Wildman–Crippen MR) is 57.4 cm³/mol. The van der Waals surface area contributed by atoms with Gasteiger partial charge in [-0.25, -0.2) is 0 Å². The van der Waals surface area contributed by atoms with Gasteiger partial charge in [-0.1, -0.05) is 6.07 Å². The molecule has 7 heteroatoms. The molecule has 0 spiro atoms. The van der Waals surface area contributed by atoms with Gasteiger partial charge in [0.05, 0.1) is 7.11 Å². The van der Waals surface area contributed by atoms with Crippen LogP contribution in [0.3, 0.4) is 0 Å². The van der Waals surface area contributed by atoms with E-state index >= 15 is 0 Å². The van der Waals surface area contributed by atoms with Crippen molar-refractivity contribution < 1.29 is 27.8 Å². The lowest BCUT2D eigenvalue weighted by molar-refractivity contribution is -0.173. The number of carbonyl (C=O) groups is 1. The van der Waals surface area contributed by atoms with E-state index in [0.29, 0.717) is 11.3 Å². The molecule has 1 amide bonds. The average molecular weight is 263 g/mol. The molecule has 0 aliphatic rings. The molecule has 2 N–H and O–H groups in total. The van der Waals surface area contributed by atoms with Gasteiger partial charge in [0.25, 0.3) is 0 Å². The number of phenols is 1. The molecular formula is C11H12F3NO3. The van der Waals surface area contributed by atoms with E-state index in [4.69, 9.17) is 4.74 Å². The molecule has 0 bridgehead atoms. The summed E-state index contributed by atoms with van der Waals surface area (Å²) in [5.41, 5.74) is 0.595. The second-order valence-electron chi connectivity index (χ2n) is 3.50. The third-order valence-electron chi connectivity index (χ3n) is 2.21. The van der Waals surface area contributed by atoms with Crippen molar-refractivity contribution in [1.82, 2.24) is 5.32 Å². The van der Waals surface area contributed by atoms with E-state index in [2.05, 4.69) is 0 Å². The number of benzene rings is 1. The van der Waals surface area contributed by atoms with Crippen molar-refractivity contribution in [3.8, 4) is 11.5 Å². The van der Waals surface area contributed by atoms with E-state index in [0.717, 1.165) is 0 Å². The van der Waals surface area contributed by atoms with Crippen molar-refractivity contribution >= 4 is 5.91 Å². The molecule has 0 aromatic heterocycles. The van der Waals surface area contributed by atoms with E-state index in [9.17, 15) is 23.1 Å². The lowest BCUT2D eigenvalue weighted by atomic mass is 10.1. The zero-order valence-corrected chi connectivity index (χ0v) is 9.54. The highest BCUT2D eigenvalue weighted by atomic mass is 19.4. The second kappa shape index (κ2) is 5.61. The van der Waals surface area contributed by atoms with Crippen LogP contribution >= 0.6 is 0 Å². The Kier molecular flexibility index (Phi) is 4.41. The van der Waals surface area contributed by atoms with Crippen LogP contribution in [-0.4, -0.2) is 30.8 Å². The standard InChI is InChI=1S/C11H12F3NO3/c1-18-9-6-8(16)3-2-7(9)4-5-15-10(17)11(12,13)14/h2-3,6,16H,4-5H2,1H3,(H,15,17). The molecule has 18 heavy (non-hydrogen) atoms. The molecule has 0 unspecified atom stereocenters. The quantitative estimate of drug-likeness (QED) is 0.867. The Bertz CT molecular complexity index is 432. The molecule has 0 radical (unpaired) electrons. The Labute approximate surface area is 101 Å². The van der Waals surface area contributed by atoms with Gasteiger partial charge in [0.2, 0.25) is 0 Å². The summed E-state index contributed by atoms with van der Waals surface area (Å²) in [6.07, 6.45) is -4.70. The Morgan fingerprint density at radius 3 is 2.67 bits per heavy atom. The van der Waals surface area contributed by atoms with Gasteiger partial charge in [-0.15, -0.1) is 0 Å². The van der Waals surface area contributed by atoms with Crippen molar-refractivity contribution in [2.75, 3.05) is 13.7 Å². The van der Waals surface area contributed by atoms with Gasteiger partial charge in [0.15, 0.2) is 0 Å². The van der Waals surface area contributed by atoms with E-state index in [1.54, 1.807) is 5.32 Å². The summed E-state index contributed by atoms with van der Waals surface area (Å²) in [5.74, 6) is -1.62. The molecule has 0 aliphatic carbocycles. The summed E-state index contributed by atoms with van der Waals surface area (Å²) in [4.78, 5) is 10.6. The molecule has 1 rings (SSSR count). The van der Waals surface area contributed by atoms with Crippen LogP contribution in [0.5, 0.6) is 11.5 Å². The highest BCUT2D eigenvalue weighted by Crippen LogP contribution is 2.24. The van der Waals surface area contributed by atoms with Crippen LogP contribution in [0.2, 0.25) is 0 Å². The minimum Gasteiger partial charge on any atom is -0.508 e. The lowest BCUT2D eigenvalue weighted by Crippen LogP contribution is -2.37. The Morgan fingerprint density at radius 1 is 1.44 bits per heavy atom. The van der Waals surface area contributed by atoms with Gasteiger partial charge in [0.1, 0.15) is 11.5 Å². The van der Waals surface area contributed by atoms with Crippen LogP contribution in [0.4, 0.5) is 13.2 Å². The number of nitrogens with one attached hydrogen (secondary N) is 1. The van der Waals surface area contributed by atoms with Crippen LogP contribution < -0.4 is 10.1 Å². The zero-order valence-electron chi connectivity index (χ0n) is 9.54. The van der Waals surface area contributed by atoms with Crippen molar-refractivity contribution in [3.05, 3.63) is 23.8 Å². The molecule has 100 valence electrons. The average Bonchev–Trinajstić information content (AvgIpc) is 2.29. The number of alkyl halides is 3. The summed E-state index contributed by atoms with van der Waals surface area (Å²) in [5, 5.41) is 10.9. The first-order valence-electron chi connectivity index (χ1n) is 5.05. The Morgan fingerprint density at radius 2 is 2.11 bits per heavy atom. The van der Waals surface area contributed by atoms with E-state index in [1.165, 1.54) is 25.3 Å². The fourth-order valence-corrected chi connectivity index (χ4v) is 1.35. The second-order valence-corrected chi connectivity index (χ2v) is 3.50. The molecule has 0 saturated carbocycles. The Hall–Kier alpha value is -1.92. The van der Waals surface area contributed by atoms with Crippen LogP contribution in [0.15, 0.2) is 18.2 Å². The summed E-state index contributed by atoms with van der Waals surface area (Å²) in [6.45, 7) is -0.167. The van der Waals surface area contributed by atoms with Gasteiger partial charge >= 0.3 is 12.1 Å². The van der Waals surface area contributed by atoms with E-state index in [1.807, 2.05) is 0 Å². The number of ether oxygens (including phenoxy) is 1. The zero-order chi connectivity index (χ0) is 13.8. The van der Waals surface area contributed by atoms with Gasteiger partial charge in [-0.2, -0.15) is 13.2 Å². The predicted octanol–water partition coefficient (Wildman–Crippen LogP) is 1.62. The number of rotatable bonds is 4. The summed E-state index contributed by atoms with van der Waals surface area (Å²) >= 11 is 0. The minimum absolute atomic E-state index is 0.00470. The molecule has 0 saturated heterocycles. The number of hydrogen-bond acceptors (Lipinski definition) is 3. The van der Waals surface area contributed by atoms with Crippen LogP contribution in [-0.2, 0) is 11.2 Å². The van der Waals surface area contributed by atoms with Crippen molar-refractivity contribution in [2.24, 2.45) is 0 Å². The summed E-state index contributed by atoms with van der Waals surface area (Å²) in [6, 6.07) is 4.26. The molecule has 4 nitrogen and oxygen atoms in total. The number of amides is 1. The highest BCUT2D eigenvalue weighted by molar-refractivity contribution is 5.81. The molecule has 0 atom stereocenters. The molecular weight excluding hydrogens is 251 g/mol. The van der Waals surface area contributed by atoms with Gasteiger partial charge in [0, 0.05) is 12.6 Å². The molecule has 0 heterocycles. The number of carbonyl (C=O) groups excluding carboxylic acids is 1. The number of hydrogen-bond donors (Lipinski definition) is 2. The maximum Gasteiger partial charge on any atom is 0.471 e. The Balaban J connectivity index is 2.57. The maximum absolute atomic E-state index is 11.9. The van der Waals surface area contributed by atoms with Crippen molar-refractivity contribution in [3.63, 3.8) is 0 Å². The monoisotopic (exact) mass is 263 g/mol. The molecule has 0 aliphatic heterocycles. The number of aromatic hydroxyl groups is 1.